The van der Waals surface area contributed by atoms with Crippen LogP contribution in [0.15, 0.2) is 65.7 Å². The number of rotatable bonds is 6. The molecule has 0 amide bonds. The monoisotopic (exact) mass is 467 g/mol. The van der Waals surface area contributed by atoms with Gasteiger partial charge in [0.2, 0.25) is 0 Å². The van der Waals surface area contributed by atoms with Crippen molar-refractivity contribution in [1.29, 1.82) is 0 Å². The van der Waals surface area contributed by atoms with Crippen molar-refractivity contribution in [2.45, 2.75) is 50.5 Å². The van der Waals surface area contributed by atoms with Crippen LogP contribution < -0.4 is 4.31 Å². The van der Waals surface area contributed by atoms with Crippen molar-refractivity contribution in [3.05, 3.63) is 66.6 Å². The van der Waals surface area contributed by atoms with Gasteiger partial charge in [0, 0.05) is 44.0 Å². The summed E-state index contributed by atoms with van der Waals surface area (Å²) in [6.07, 6.45) is 4.24. The first-order valence-corrected chi connectivity index (χ1v) is 12.9. The van der Waals surface area contributed by atoms with Crippen molar-refractivity contribution >= 4 is 15.7 Å². The van der Waals surface area contributed by atoms with E-state index in [0.717, 1.165) is 49.7 Å². The Morgan fingerprint density at radius 3 is 2.42 bits per heavy atom. The number of imidazole rings is 1. The van der Waals surface area contributed by atoms with Crippen molar-refractivity contribution in [1.82, 2.24) is 9.55 Å². The van der Waals surface area contributed by atoms with Gasteiger partial charge in [-0.15, -0.1) is 0 Å². The number of anilines is 1. The van der Waals surface area contributed by atoms with Gasteiger partial charge in [-0.3, -0.25) is 4.31 Å². The van der Waals surface area contributed by atoms with Gasteiger partial charge in [0.05, 0.1) is 16.3 Å². The molecule has 0 unspecified atom stereocenters. The normalized spacial score (nSPS) is 15.5. The second kappa shape index (κ2) is 9.31. The minimum Gasteiger partial charge on any atom is -0.381 e. The molecule has 33 heavy (non-hydrogen) atoms. The summed E-state index contributed by atoms with van der Waals surface area (Å²) in [5.74, 6) is 1.62. The van der Waals surface area contributed by atoms with Crippen LogP contribution in [0.3, 0.4) is 0 Å². The number of ether oxygens (including phenoxy) is 1. The summed E-state index contributed by atoms with van der Waals surface area (Å²) >= 11 is 0. The fourth-order valence-corrected chi connectivity index (χ4v) is 5.46. The summed E-state index contributed by atoms with van der Waals surface area (Å²) in [6, 6.07) is 16.1. The van der Waals surface area contributed by atoms with Gasteiger partial charge in [0.15, 0.2) is 0 Å². The molecule has 0 aliphatic carbocycles. The third kappa shape index (κ3) is 5.14. The van der Waals surface area contributed by atoms with Crippen LogP contribution in [0.2, 0.25) is 0 Å². The van der Waals surface area contributed by atoms with Crippen LogP contribution in [0.4, 0.5) is 5.69 Å². The molecule has 1 fully saturated rings. The minimum atomic E-state index is -3.64. The molecule has 0 spiro atoms. The summed E-state index contributed by atoms with van der Waals surface area (Å²) in [7, 11) is -2.05. The highest BCUT2D eigenvalue weighted by atomic mass is 32.2. The van der Waals surface area contributed by atoms with Crippen LogP contribution in [-0.2, 0) is 26.7 Å². The maximum absolute atomic E-state index is 13.1. The highest BCUT2D eigenvalue weighted by molar-refractivity contribution is 7.92. The molecule has 2 heterocycles. The quantitative estimate of drug-likeness (QED) is 0.506. The Hall–Kier alpha value is -2.64. The number of benzene rings is 2. The molecule has 3 aromatic rings. The van der Waals surface area contributed by atoms with E-state index >= 15 is 0 Å². The van der Waals surface area contributed by atoms with Crippen LogP contribution >= 0.6 is 0 Å². The van der Waals surface area contributed by atoms with E-state index in [0.29, 0.717) is 11.6 Å². The number of aromatic nitrogens is 2. The van der Waals surface area contributed by atoms with E-state index in [-0.39, 0.29) is 10.3 Å². The van der Waals surface area contributed by atoms with Crippen LogP contribution in [0.5, 0.6) is 0 Å². The molecule has 0 saturated carbocycles. The van der Waals surface area contributed by atoms with E-state index in [2.05, 4.69) is 31.5 Å². The molecule has 0 radical (unpaired) electrons. The fraction of sp³-hybridized carbons (Fsp3) is 0.423. The third-order valence-electron chi connectivity index (χ3n) is 6.15. The second-order valence-corrected chi connectivity index (χ2v) is 11.7. The predicted molar refractivity (Wildman–Crippen MR) is 132 cm³/mol. The van der Waals surface area contributed by atoms with Gasteiger partial charge < -0.3 is 9.30 Å². The van der Waals surface area contributed by atoms with Gasteiger partial charge in [-0.05, 0) is 43.0 Å². The molecular weight excluding hydrogens is 434 g/mol. The van der Waals surface area contributed by atoms with E-state index in [9.17, 15) is 8.42 Å². The zero-order valence-corrected chi connectivity index (χ0v) is 20.7. The fourth-order valence-electron chi connectivity index (χ4n) is 4.25. The number of hydrogen-bond donors (Lipinski definition) is 0. The molecule has 1 aliphatic rings. The Kier molecular flexibility index (Phi) is 6.64. The molecule has 176 valence electrons. The molecule has 6 nitrogen and oxygen atoms in total. The van der Waals surface area contributed by atoms with E-state index < -0.39 is 10.0 Å². The van der Waals surface area contributed by atoms with Crippen molar-refractivity contribution in [3.63, 3.8) is 0 Å². The van der Waals surface area contributed by atoms with Crippen LogP contribution in [0, 0.1) is 5.92 Å². The molecule has 1 aliphatic heterocycles. The van der Waals surface area contributed by atoms with Gasteiger partial charge in [-0.2, -0.15) is 0 Å². The number of sulfonamides is 1. The van der Waals surface area contributed by atoms with Crippen molar-refractivity contribution < 1.29 is 13.2 Å². The molecule has 0 N–H and O–H groups in total. The molecule has 2 aromatic carbocycles. The molecule has 7 heteroatoms. The Morgan fingerprint density at radius 1 is 1.06 bits per heavy atom. The molecule has 1 saturated heterocycles. The first-order chi connectivity index (χ1) is 15.7. The largest absolute Gasteiger partial charge is 0.381 e. The van der Waals surface area contributed by atoms with Crippen molar-refractivity contribution in [3.8, 4) is 11.3 Å². The summed E-state index contributed by atoms with van der Waals surface area (Å²) in [5, 5.41) is 0. The third-order valence-corrected chi connectivity index (χ3v) is 7.95. The Labute approximate surface area is 197 Å². The Bertz CT molecular complexity index is 1190. The molecule has 0 atom stereocenters. The van der Waals surface area contributed by atoms with E-state index in [1.807, 2.05) is 30.3 Å². The molecule has 0 bridgehead atoms. The predicted octanol–water partition coefficient (Wildman–Crippen LogP) is 5.10. The van der Waals surface area contributed by atoms with Crippen LogP contribution in [0.25, 0.3) is 11.3 Å². The van der Waals surface area contributed by atoms with E-state index in [4.69, 9.17) is 9.72 Å². The average Bonchev–Trinajstić information content (AvgIpc) is 3.24. The molecule has 4 rings (SSSR count). The van der Waals surface area contributed by atoms with Gasteiger partial charge in [-0.1, -0.05) is 51.1 Å². The lowest BCUT2D eigenvalue weighted by Crippen LogP contribution is -2.26. The van der Waals surface area contributed by atoms with Gasteiger partial charge in [0.25, 0.3) is 10.0 Å². The average molecular weight is 468 g/mol. The van der Waals surface area contributed by atoms with Gasteiger partial charge in [-0.25, -0.2) is 13.4 Å². The topological polar surface area (TPSA) is 64.4 Å². The highest BCUT2D eigenvalue weighted by Gasteiger charge is 2.25. The summed E-state index contributed by atoms with van der Waals surface area (Å²) < 4.78 is 35.3. The lowest BCUT2D eigenvalue weighted by atomic mass is 9.94. The van der Waals surface area contributed by atoms with Crippen molar-refractivity contribution in [2.75, 3.05) is 24.6 Å². The zero-order valence-electron chi connectivity index (χ0n) is 19.9. The summed E-state index contributed by atoms with van der Waals surface area (Å²) in [4.78, 5) is 5.27. The van der Waals surface area contributed by atoms with Gasteiger partial charge >= 0.3 is 0 Å². The first kappa shape index (κ1) is 23.5. The smallest absolute Gasteiger partial charge is 0.264 e. The standard InChI is InChI=1S/C26H33N3O3S/c1-26(2,3)25-27-24(19-29(25)18-20-13-15-32-16-14-20)21-9-8-10-22(17-21)28(4)33(30,31)23-11-6-5-7-12-23/h5-12,17,19-20H,13-16,18H2,1-4H3. The summed E-state index contributed by atoms with van der Waals surface area (Å²) in [5.41, 5.74) is 2.26. The molecule has 1 aromatic heterocycles. The van der Waals surface area contributed by atoms with Crippen molar-refractivity contribution in [2.24, 2.45) is 5.92 Å². The maximum atomic E-state index is 13.1. The van der Waals surface area contributed by atoms with Gasteiger partial charge in [0.1, 0.15) is 5.82 Å². The lowest BCUT2D eigenvalue weighted by molar-refractivity contribution is 0.0608. The van der Waals surface area contributed by atoms with E-state index in [1.54, 1.807) is 31.3 Å². The summed E-state index contributed by atoms with van der Waals surface area (Å²) in [6.45, 7) is 9.09. The number of hydrogen-bond acceptors (Lipinski definition) is 4. The number of nitrogens with zero attached hydrogens (tertiary/aromatic N) is 3. The van der Waals surface area contributed by atoms with E-state index in [1.165, 1.54) is 4.31 Å². The van der Waals surface area contributed by atoms with Crippen LogP contribution in [0.1, 0.15) is 39.4 Å². The zero-order chi connectivity index (χ0) is 23.6. The lowest BCUT2D eigenvalue weighted by Gasteiger charge is -2.25. The molecular formula is C26H33N3O3S. The second-order valence-electron chi connectivity index (χ2n) is 9.74. The highest BCUT2D eigenvalue weighted by Crippen LogP contribution is 2.31. The maximum Gasteiger partial charge on any atom is 0.264 e. The Morgan fingerprint density at radius 2 is 1.76 bits per heavy atom. The van der Waals surface area contributed by atoms with Crippen LogP contribution in [-0.4, -0.2) is 38.2 Å². The Balaban J connectivity index is 1.66. The minimum absolute atomic E-state index is 0.103. The first-order valence-electron chi connectivity index (χ1n) is 11.5. The SMILES string of the molecule is CN(c1cccc(-c2cn(CC3CCOCC3)c(C(C)(C)C)n2)c1)S(=O)(=O)c1ccccc1.